The van der Waals surface area contributed by atoms with Gasteiger partial charge in [0.2, 0.25) is 27.8 Å². The lowest BCUT2D eigenvalue weighted by Gasteiger charge is -2.44. The van der Waals surface area contributed by atoms with Crippen molar-refractivity contribution in [3.8, 4) is 5.88 Å². The Bertz CT molecular complexity index is 919. The number of piperidine rings is 1. The molecule has 0 spiro atoms. The van der Waals surface area contributed by atoms with Crippen LogP contribution in [-0.2, 0) is 16.2 Å². The van der Waals surface area contributed by atoms with Crippen LogP contribution in [0.4, 0.5) is 32.3 Å². The molecule has 1 aliphatic carbocycles. The molecule has 2 unspecified atom stereocenters. The minimum Gasteiger partial charge on any atom is -0.477 e. The number of nitrogens with zero attached hydrogens (tertiary/aromatic N) is 3. The third-order valence-corrected chi connectivity index (χ3v) is 6.54. The van der Waals surface area contributed by atoms with E-state index in [1.807, 2.05) is 0 Å². The molecule has 0 aromatic carbocycles. The first-order chi connectivity index (χ1) is 14.1. The molecule has 1 N–H and O–H groups in total. The van der Waals surface area contributed by atoms with E-state index in [0.717, 1.165) is 10.6 Å². The molecule has 0 amide bonds. The number of nitrogens with one attached hydrogen (secondary N) is 1. The maximum absolute atomic E-state index is 14.4. The zero-order valence-corrected chi connectivity index (χ0v) is 17.5. The molecule has 7 nitrogen and oxygen atoms in total. The standard InChI is InChI=1S/C17H22F6N4O3S/c1-15(7-16(19,20)8-15)9-30-13-10(17(21,22)23)5-24-14(26-13)25-12-3-4-27(6-11(12)18)31(2,28)29/h5,11-12H,3-4,6-9H2,1-2H3,(H,24,25,26). The molecule has 14 heteroatoms. The van der Waals surface area contributed by atoms with Crippen LogP contribution in [0.25, 0.3) is 0 Å². The van der Waals surface area contributed by atoms with Gasteiger partial charge in [0.15, 0.2) is 0 Å². The van der Waals surface area contributed by atoms with E-state index in [0.29, 0.717) is 6.20 Å². The number of rotatable bonds is 6. The van der Waals surface area contributed by atoms with Gasteiger partial charge < -0.3 is 10.1 Å². The number of ether oxygens (including phenoxy) is 1. The quantitative estimate of drug-likeness (QED) is 0.636. The maximum Gasteiger partial charge on any atom is 0.423 e. The molecule has 1 aliphatic heterocycles. The minimum atomic E-state index is -4.85. The van der Waals surface area contributed by atoms with E-state index in [9.17, 15) is 34.8 Å². The van der Waals surface area contributed by atoms with E-state index >= 15 is 0 Å². The third kappa shape index (κ3) is 5.70. The number of aromatic nitrogens is 2. The molecular formula is C17H22F6N4O3S. The summed E-state index contributed by atoms with van der Waals surface area (Å²) in [4.78, 5) is 7.25. The van der Waals surface area contributed by atoms with E-state index in [1.165, 1.54) is 6.92 Å². The highest BCUT2D eigenvalue weighted by molar-refractivity contribution is 7.88. The summed E-state index contributed by atoms with van der Waals surface area (Å²) in [5, 5.41) is 2.57. The summed E-state index contributed by atoms with van der Waals surface area (Å²) >= 11 is 0. The summed E-state index contributed by atoms with van der Waals surface area (Å²) in [6.07, 6.45) is -6.05. The second-order valence-electron chi connectivity index (χ2n) is 8.40. The van der Waals surface area contributed by atoms with Crippen LogP contribution in [0.2, 0.25) is 0 Å². The van der Waals surface area contributed by atoms with Crippen molar-refractivity contribution in [3.05, 3.63) is 11.8 Å². The largest absolute Gasteiger partial charge is 0.477 e. The topological polar surface area (TPSA) is 84.4 Å². The van der Waals surface area contributed by atoms with Crippen LogP contribution >= 0.6 is 0 Å². The lowest BCUT2D eigenvalue weighted by atomic mass is 9.68. The monoisotopic (exact) mass is 476 g/mol. The van der Waals surface area contributed by atoms with Crippen molar-refractivity contribution in [2.75, 3.05) is 31.3 Å². The van der Waals surface area contributed by atoms with Gasteiger partial charge in [0.1, 0.15) is 11.7 Å². The smallest absolute Gasteiger partial charge is 0.423 e. The van der Waals surface area contributed by atoms with E-state index in [1.54, 1.807) is 0 Å². The van der Waals surface area contributed by atoms with Gasteiger partial charge in [-0.15, -0.1) is 0 Å². The van der Waals surface area contributed by atoms with Crippen molar-refractivity contribution in [2.45, 2.75) is 50.5 Å². The highest BCUT2D eigenvalue weighted by Gasteiger charge is 2.54. The predicted octanol–water partition coefficient (Wildman–Crippen LogP) is 3.09. The molecular weight excluding hydrogens is 454 g/mol. The molecule has 2 fully saturated rings. The average molecular weight is 476 g/mol. The van der Waals surface area contributed by atoms with Gasteiger partial charge in [-0.1, -0.05) is 6.92 Å². The number of alkyl halides is 6. The fraction of sp³-hybridized carbons (Fsp3) is 0.765. The van der Waals surface area contributed by atoms with Crippen LogP contribution in [0, 0.1) is 5.41 Å². The number of halogens is 6. The van der Waals surface area contributed by atoms with E-state index in [2.05, 4.69) is 15.3 Å². The number of hydrogen-bond donors (Lipinski definition) is 1. The SMILES string of the molecule is CC1(COc2nc(NC3CCN(S(C)(=O)=O)CC3F)ncc2C(F)(F)F)CC(F)(F)C1. The molecule has 2 heterocycles. The van der Waals surface area contributed by atoms with Gasteiger partial charge in [-0.05, 0) is 6.42 Å². The molecule has 176 valence electrons. The van der Waals surface area contributed by atoms with Crippen molar-refractivity contribution >= 4 is 16.0 Å². The molecule has 2 atom stereocenters. The normalized spacial score (nSPS) is 26.2. The van der Waals surface area contributed by atoms with Gasteiger partial charge in [0, 0.05) is 37.5 Å². The first kappa shape index (κ1) is 23.8. The van der Waals surface area contributed by atoms with Crippen molar-refractivity contribution in [2.24, 2.45) is 5.41 Å². The average Bonchev–Trinajstić information content (AvgIpc) is 2.58. The molecule has 2 aliphatic rings. The highest BCUT2D eigenvalue weighted by atomic mass is 32.2. The van der Waals surface area contributed by atoms with E-state index < -0.39 is 77.2 Å². The lowest BCUT2D eigenvalue weighted by Crippen LogP contribution is -2.49. The fourth-order valence-corrected chi connectivity index (χ4v) is 4.64. The predicted molar refractivity (Wildman–Crippen MR) is 98.2 cm³/mol. The van der Waals surface area contributed by atoms with Gasteiger partial charge in [0.05, 0.1) is 18.9 Å². The molecule has 0 radical (unpaired) electrons. The Morgan fingerprint density at radius 3 is 2.48 bits per heavy atom. The van der Waals surface area contributed by atoms with Crippen LogP contribution in [0.3, 0.4) is 0 Å². The Kier molecular flexibility index (Phi) is 6.10. The fourth-order valence-electron chi connectivity index (χ4n) is 3.79. The Morgan fingerprint density at radius 1 is 1.32 bits per heavy atom. The molecule has 1 saturated heterocycles. The Morgan fingerprint density at radius 2 is 1.97 bits per heavy atom. The Labute approximate surface area is 175 Å². The highest BCUT2D eigenvalue weighted by Crippen LogP contribution is 2.52. The molecule has 3 rings (SSSR count). The van der Waals surface area contributed by atoms with Crippen LogP contribution in [0.15, 0.2) is 6.20 Å². The zero-order valence-electron chi connectivity index (χ0n) is 16.7. The van der Waals surface area contributed by atoms with Crippen molar-refractivity contribution < 1.29 is 39.5 Å². The minimum absolute atomic E-state index is 0.0213. The van der Waals surface area contributed by atoms with E-state index in [4.69, 9.17) is 4.74 Å². The van der Waals surface area contributed by atoms with E-state index in [-0.39, 0.29) is 18.9 Å². The Hall–Kier alpha value is -1.83. The van der Waals surface area contributed by atoms with Gasteiger partial charge in [-0.3, -0.25) is 0 Å². The number of anilines is 1. The second-order valence-corrected chi connectivity index (χ2v) is 10.4. The molecule has 1 aromatic rings. The summed E-state index contributed by atoms with van der Waals surface area (Å²) in [5.74, 6) is -4.06. The first-order valence-electron chi connectivity index (χ1n) is 9.39. The van der Waals surface area contributed by atoms with Gasteiger partial charge in [0.25, 0.3) is 0 Å². The number of sulfonamides is 1. The summed E-state index contributed by atoms with van der Waals surface area (Å²) in [7, 11) is -3.57. The summed E-state index contributed by atoms with van der Waals surface area (Å²) in [6.45, 7) is 0.683. The van der Waals surface area contributed by atoms with Crippen LogP contribution in [0.1, 0.15) is 31.7 Å². The summed E-state index contributed by atoms with van der Waals surface area (Å²) < 4.78 is 110. The molecule has 1 aromatic heterocycles. The summed E-state index contributed by atoms with van der Waals surface area (Å²) in [5.41, 5.74) is -2.27. The number of hydrogen-bond acceptors (Lipinski definition) is 6. The van der Waals surface area contributed by atoms with Crippen LogP contribution < -0.4 is 10.1 Å². The zero-order chi connectivity index (χ0) is 23.2. The van der Waals surface area contributed by atoms with Crippen LogP contribution in [0.5, 0.6) is 5.88 Å². The molecule has 31 heavy (non-hydrogen) atoms. The third-order valence-electron chi connectivity index (χ3n) is 5.28. The van der Waals surface area contributed by atoms with Crippen molar-refractivity contribution in [3.63, 3.8) is 0 Å². The maximum atomic E-state index is 14.4. The van der Waals surface area contributed by atoms with Crippen LogP contribution in [-0.4, -0.2) is 66.8 Å². The van der Waals surface area contributed by atoms with Gasteiger partial charge >= 0.3 is 6.18 Å². The van der Waals surface area contributed by atoms with Crippen molar-refractivity contribution in [1.29, 1.82) is 0 Å². The van der Waals surface area contributed by atoms with Gasteiger partial charge in [-0.2, -0.15) is 22.5 Å². The second kappa shape index (κ2) is 7.94. The molecule has 0 bridgehead atoms. The lowest BCUT2D eigenvalue weighted by molar-refractivity contribution is -0.167. The molecule has 1 saturated carbocycles. The Balaban J connectivity index is 1.73. The van der Waals surface area contributed by atoms with Crippen molar-refractivity contribution in [1.82, 2.24) is 14.3 Å². The first-order valence-corrected chi connectivity index (χ1v) is 11.2. The van der Waals surface area contributed by atoms with Gasteiger partial charge in [-0.25, -0.2) is 26.6 Å². The summed E-state index contributed by atoms with van der Waals surface area (Å²) in [6, 6.07) is -0.926.